The maximum atomic E-state index is 14.9. The van der Waals surface area contributed by atoms with Gasteiger partial charge in [0.25, 0.3) is 11.8 Å². The number of nitrogens with zero attached hydrogens (tertiary/aromatic N) is 2. The first kappa shape index (κ1) is 25.3. The minimum Gasteiger partial charge on any atom is -0.321 e. The highest BCUT2D eigenvalue weighted by atomic mass is 19.1. The lowest BCUT2D eigenvalue weighted by Crippen LogP contribution is -2.19. The Morgan fingerprint density at radius 2 is 1.51 bits per heavy atom. The largest absolute Gasteiger partial charge is 0.321 e. The Hall–Kier alpha value is -4.83. The van der Waals surface area contributed by atoms with Crippen molar-refractivity contribution >= 4 is 28.9 Å². The van der Waals surface area contributed by atoms with Gasteiger partial charge in [-0.3, -0.25) is 9.59 Å². The minimum absolute atomic E-state index is 0.0247. The first-order valence-electron chi connectivity index (χ1n) is 11.8. The van der Waals surface area contributed by atoms with E-state index in [-0.39, 0.29) is 17.1 Å². The second-order valence-corrected chi connectivity index (χ2v) is 8.62. The topological polar surface area (TPSA) is 75.5 Å². The van der Waals surface area contributed by atoms with Gasteiger partial charge in [0, 0.05) is 5.69 Å². The fourth-order valence-electron chi connectivity index (χ4n) is 4.28. The van der Waals surface area contributed by atoms with Crippen LogP contribution in [0.25, 0.3) is 16.0 Å². The number of hydrogen-bond donors (Lipinski definition) is 2. The molecule has 1 heterocycles. The SMILES string of the molecule is [C-]#[N+]c1ccccc1-c1ccc(F)c(NC(=O)c2cccc(C(=O)Nc3cc(C)cc(C)c3)n2)c1CC. The summed E-state index contributed by atoms with van der Waals surface area (Å²) in [5.41, 5.74) is 5.02. The molecule has 0 aliphatic carbocycles. The van der Waals surface area contributed by atoms with E-state index in [1.165, 1.54) is 18.2 Å². The summed E-state index contributed by atoms with van der Waals surface area (Å²) in [6.07, 6.45) is 0.417. The molecule has 0 aliphatic heterocycles. The number of carbonyl (C=O) groups excluding carboxylic acids is 2. The Balaban J connectivity index is 1.63. The molecule has 4 rings (SSSR count). The van der Waals surface area contributed by atoms with Gasteiger partial charge in [0.1, 0.15) is 17.2 Å². The lowest BCUT2D eigenvalue weighted by atomic mass is 9.95. The predicted octanol–water partition coefficient (Wildman–Crippen LogP) is 7.12. The Kier molecular flexibility index (Phi) is 7.40. The van der Waals surface area contributed by atoms with Gasteiger partial charge in [-0.25, -0.2) is 14.2 Å². The molecule has 2 amide bonds. The molecular formula is C30H25FN4O2. The lowest BCUT2D eigenvalue weighted by Gasteiger charge is -2.17. The van der Waals surface area contributed by atoms with Crippen molar-refractivity contribution in [2.45, 2.75) is 27.2 Å². The van der Waals surface area contributed by atoms with Gasteiger partial charge in [-0.05, 0) is 78.4 Å². The molecule has 0 radical (unpaired) electrons. The molecule has 0 aliphatic rings. The van der Waals surface area contributed by atoms with Crippen LogP contribution < -0.4 is 10.6 Å². The second-order valence-electron chi connectivity index (χ2n) is 8.62. The van der Waals surface area contributed by atoms with Gasteiger partial charge < -0.3 is 10.6 Å². The molecule has 2 N–H and O–H groups in total. The van der Waals surface area contributed by atoms with E-state index >= 15 is 0 Å². The number of pyridine rings is 1. The maximum absolute atomic E-state index is 14.9. The number of benzene rings is 3. The number of carbonyl (C=O) groups is 2. The van der Waals surface area contributed by atoms with Crippen LogP contribution in [0.1, 0.15) is 44.6 Å². The molecule has 0 saturated carbocycles. The molecule has 1 aromatic heterocycles. The Bertz CT molecular complexity index is 1540. The van der Waals surface area contributed by atoms with Gasteiger partial charge in [0.2, 0.25) is 0 Å². The fraction of sp³-hybridized carbons (Fsp3) is 0.133. The fourth-order valence-corrected chi connectivity index (χ4v) is 4.28. The molecule has 4 aromatic rings. The Labute approximate surface area is 215 Å². The normalized spacial score (nSPS) is 10.5. The van der Waals surface area contributed by atoms with Crippen molar-refractivity contribution in [3.63, 3.8) is 0 Å². The standard InChI is InChI=1S/C30H25FN4O2/c1-5-21-22(23-9-6-7-10-25(23)32-4)13-14-24(31)28(21)35-30(37)27-12-8-11-26(34-27)29(36)33-20-16-18(2)15-19(3)17-20/h6-17H,5H2,1-3H3,(H,33,36)(H,35,37). The number of aromatic nitrogens is 1. The number of hydrogen-bond acceptors (Lipinski definition) is 3. The summed E-state index contributed by atoms with van der Waals surface area (Å²) < 4.78 is 14.9. The van der Waals surface area contributed by atoms with Gasteiger partial charge in [-0.1, -0.05) is 49.4 Å². The zero-order valence-electron chi connectivity index (χ0n) is 20.7. The number of halogens is 1. The van der Waals surface area contributed by atoms with E-state index in [1.54, 1.807) is 30.3 Å². The first-order chi connectivity index (χ1) is 17.8. The van der Waals surface area contributed by atoms with Crippen LogP contribution in [0.3, 0.4) is 0 Å². The predicted molar refractivity (Wildman–Crippen MR) is 144 cm³/mol. The Morgan fingerprint density at radius 1 is 0.865 bits per heavy atom. The van der Waals surface area contributed by atoms with Gasteiger partial charge in [-0.15, -0.1) is 0 Å². The average molecular weight is 493 g/mol. The summed E-state index contributed by atoms with van der Waals surface area (Å²) in [6, 6.07) is 20.2. The van der Waals surface area contributed by atoms with Gasteiger partial charge in [0.15, 0.2) is 5.69 Å². The van der Waals surface area contributed by atoms with Crippen molar-refractivity contribution in [1.29, 1.82) is 0 Å². The van der Waals surface area contributed by atoms with E-state index in [2.05, 4.69) is 20.5 Å². The number of amides is 2. The van der Waals surface area contributed by atoms with E-state index in [1.807, 2.05) is 45.0 Å². The summed E-state index contributed by atoms with van der Waals surface area (Å²) in [4.78, 5) is 33.7. The number of nitrogens with one attached hydrogen (secondary N) is 2. The van der Waals surface area contributed by atoms with Crippen LogP contribution >= 0.6 is 0 Å². The summed E-state index contributed by atoms with van der Waals surface area (Å²) >= 11 is 0. The molecule has 0 saturated heterocycles. The van der Waals surface area contributed by atoms with Crippen molar-refractivity contribution < 1.29 is 14.0 Å². The van der Waals surface area contributed by atoms with E-state index < -0.39 is 17.6 Å². The van der Waals surface area contributed by atoms with Crippen LogP contribution in [-0.2, 0) is 6.42 Å². The average Bonchev–Trinajstić information content (AvgIpc) is 2.89. The zero-order valence-corrected chi connectivity index (χ0v) is 20.7. The third kappa shape index (κ3) is 5.54. The van der Waals surface area contributed by atoms with Crippen LogP contribution in [0.5, 0.6) is 0 Å². The molecule has 7 heteroatoms. The van der Waals surface area contributed by atoms with Gasteiger partial charge in [-0.2, -0.15) is 0 Å². The van der Waals surface area contributed by atoms with E-state index in [0.717, 1.165) is 11.1 Å². The van der Waals surface area contributed by atoms with Crippen molar-refractivity contribution in [2.24, 2.45) is 0 Å². The van der Waals surface area contributed by atoms with Crippen LogP contribution in [-0.4, -0.2) is 16.8 Å². The molecule has 6 nitrogen and oxygen atoms in total. The minimum atomic E-state index is -0.648. The molecule has 0 fully saturated rings. The van der Waals surface area contributed by atoms with Crippen LogP contribution in [0, 0.1) is 26.2 Å². The highest BCUT2D eigenvalue weighted by molar-refractivity contribution is 6.07. The van der Waals surface area contributed by atoms with Crippen LogP contribution in [0.15, 0.2) is 72.8 Å². The molecule has 0 bridgehead atoms. The molecule has 3 aromatic carbocycles. The van der Waals surface area contributed by atoms with E-state index in [9.17, 15) is 14.0 Å². The highest BCUT2D eigenvalue weighted by Crippen LogP contribution is 2.37. The quantitative estimate of drug-likeness (QED) is 0.281. The summed E-state index contributed by atoms with van der Waals surface area (Å²) in [5, 5.41) is 5.44. The van der Waals surface area contributed by atoms with Crippen molar-refractivity contribution in [3.05, 3.63) is 118 Å². The van der Waals surface area contributed by atoms with E-state index in [4.69, 9.17) is 6.57 Å². The van der Waals surface area contributed by atoms with Crippen LogP contribution in [0.2, 0.25) is 0 Å². The molecule has 0 spiro atoms. The van der Waals surface area contributed by atoms with Gasteiger partial charge >= 0.3 is 0 Å². The highest BCUT2D eigenvalue weighted by Gasteiger charge is 2.20. The number of para-hydroxylation sites is 1. The smallest absolute Gasteiger partial charge is 0.274 e. The molecule has 184 valence electrons. The lowest BCUT2D eigenvalue weighted by molar-refractivity contribution is 0.101. The zero-order chi connectivity index (χ0) is 26.5. The third-order valence-electron chi connectivity index (χ3n) is 5.86. The van der Waals surface area contributed by atoms with Crippen molar-refractivity contribution in [2.75, 3.05) is 10.6 Å². The number of anilines is 2. The number of aryl methyl sites for hydroxylation is 2. The van der Waals surface area contributed by atoms with Crippen LogP contribution in [0.4, 0.5) is 21.5 Å². The maximum Gasteiger partial charge on any atom is 0.274 e. The molecular weight excluding hydrogens is 467 g/mol. The molecule has 37 heavy (non-hydrogen) atoms. The summed E-state index contributed by atoms with van der Waals surface area (Å²) in [5.74, 6) is -1.71. The van der Waals surface area contributed by atoms with Crippen molar-refractivity contribution in [1.82, 2.24) is 4.98 Å². The third-order valence-corrected chi connectivity index (χ3v) is 5.86. The summed E-state index contributed by atoms with van der Waals surface area (Å²) in [7, 11) is 0. The molecule has 0 atom stereocenters. The van der Waals surface area contributed by atoms with E-state index in [0.29, 0.717) is 34.5 Å². The monoisotopic (exact) mass is 492 g/mol. The first-order valence-corrected chi connectivity index (χ1v) is 11.8. The summed E-state index contributed by atoms with van der Waals surface area (Å²) in [6.45, 7) is 13.2. The number of rotatable bonds is 6. The molecule has 0 unspecified atom stereocenters. The Morgan fingerprint density at radius 3 is 2.16 bits per heavy atom. The van der Waals surface area contributed by atoms with Gasteiger partial charge in [0.05, 0.1) is 12.3 Å². The second kappa shape index (κ2) is 10.8. The van der Waals surface area contributed by atoms with Crippen molar-refractivity contribution in [3.8, 4) is 11.1 Å².